The number of benzene rings is 6. The molecule has 7 heteroatoms. The smallest absolute Gasteiger partial charge is 0.199 e. The maximum atomic E-state index is 14.5. The number of halogens is 3. The Bertz CT molecular complexity index is 2540. The van der Waals surface area contributed by atoms with Crippen LogP contribution in [-0.4, -0.2) is 15.0 Å². The van der Waals surface area contributed by atoms with Crippen LogP contribution in [0.3, 0.4) is 0 Å². The molecule has 2 heterocycles. The van der Waals surface area contributed by atoms with Crippen molar-refractivity contribution >= 4 is 38.4 Å². The van der Waals surface area contributed by atoms with Gasteiger partial charge in [0.25, 0.3) is 0 Å². The molecule has 222 valence electrons. The molecule has 0 N–H and O–H groups in total. The van der Waals surface area contributed by atoms with E-state index in [-0.39, 0.29) is 5.56 Å². The Kier molecular flexibility index (Phi) is 6.70. The number of aromatic nitrogens is 3. The minimum absolute atomic E-state index is 0.143. The number of rotatable bonds is 4. The van der Waals surface area contributed by atoms with Crippen LogP contribution >= 0.6 is 0 Å². The number of hydrogen-bond acceptors (Lipinski definition) is 3. The summed E-state index contributed by atoms with van der Waals surface area (Å²) in [6, 6.07) is 37.9. The average molecular weight is 615 g/mol. The Morgan fingerprint density at radius 1 is 0.489 bits per heavy atom. The summed E-state index contributed by atoms with van der Waals surface area (Å²) in [6.45, 7) is 8.27. The molecule has 47 heavy (non-hydrogen) atoms. The highest BCUT2D eigenvalue weighted by molar-refractivity contribution is 6.25. The van der Waals surface area contributed by atoms with Crippen LogP contribution in [0.25, 0.3) is 82.5 Å². The molecule has 0 aliphatic heterocycles. The Balaban J connectivity index is 1.53. The van der Waals surface area contributed by atoms with Gasteiger partial charge < -0.3 is 0 Å². The fourth-order valence-corrected chi connectivity index (χ4v) is 6.17. The predicted molar refractivity (Wildman–Crippen MR) is 180 cm³/mol. The Morgan fingerprint density at radius 2 is 1.04 bits per heavy atom. The van der Waals surface area contributed by atoms with Crippen molar-refractivity contribution < 1.29 is 13.2 Å². The molecule has 0 fully saturated rings. The molecule has 4 nitrogen and oxygen atoms in total. The lowest BCUT2D eigenvalue weighted by Crippen LogP contribution is -1.99. The van der Waals surface area contributed by atoms with Crippen molar-refractivity contribution in [2.45, 2.75) is 0 Å². The molecule has 0 saturated carbocycles. The van der Waals surface area contributed by atoms with Crippen LogP contribution in [0.2, 0.25) is 0 Å². The van der Waals surface area contributed by atoms with Gasteiger partial charge in [0.05, 0.1) is 40.2 Å². The molecule has 0 aliphatic rings. The third-order valence-electron chi connectivity index (χ3n) is 8.27. The van der Waals surface area contributed by atoms with Gasteiger partial charge >= 0.3 is 0 Å². The fourth-order valence-electron chi connectivity index (χ4n) is 6.17. The van der Waals surface area contributed by atoms with E-state index < -0.39 is 17.5 Å². The van der Waals surface area contributed by atoms with Gasteiger partial charge in [0.1, 0.15) is 0 Å². The highest BCUT2D eigenvalue weighted by Gasteiger charge is 2.23. The summed E-state index contributed by atoms with van der Waals surface area (Å²) < 4.78 is 42.9. The van der Waals surface area contributed by atoms with Crippen LogP contribution in [0, 0.1) is 24.0 Å². The van der Waals surface area contributed by atoms with Gasteiger partial charge in [-0.05, 0) is 35.4 Å². The quantitative estimate of drug-likeness (QED) is 0.113. The summed E-state index contributed by atoms with van der Waals surface area (Å²) in [5, 5.41) is 1.99. The van der Waals surface area contributed by atoms with Crippen molar-refractivity contribution in [1.29, 1.82) is 0 Å². The zero-order chi connectivity index (χ0) is 32.1. The van der Waals surface area contributed by atoms with E-state index in [1.807, 2.05) is 84.9 Å². The molecule has 0 saturated heterocycles. The predicted octanol–water partition coefficient (Wildman–Crippen LogP) is 11.0. The van der Waals surface area contributed by atoms with Crippen LogP contribution in [-0.2, 0) is 0 Å². The second kappa shape index (κ2) is 11.2. The third kappa shape index (κ3) is 4.66. The Hall–Kier alpha value is -6.39. The Morgan fingerprint density at radius 3 is 1.70 bits per heavy atom. The van der Waals surface area contributed by atoms with Crippen molar-refractivity contribution in [2.75, 3.05) is 0 Å². The maximum Gasteiger partial charge on any atom is 0.199 e. The first kappa shape index (κ1) is 28.1. The number of pyridine rings is 1. The first-order valence-corrected chi connectivity index (χ1v) is 14.8. The normalized spacial score (nSPS) is 11.3. The second-order valence-corrected chi connectivity index (χ2v) is 11.1. The van der Waals surface area contributed by atoms with Crippen molar-refractivity contribution in [3.05, 3.63) is 156 Å². The maximum absolute atomic E-state index is 14.5. The van der Waals surface area contributed by atoms with Crippen molar-refractivity contribution in [3.8, 4) is 44.9 Å². The average Bonchev–Trinajstić information content (AvgIpc) is 3.13. The lowest BCUT2D eigenvalue weighted by molar-refractivity contribution is 0.448. The SMILES string of the molecule is [C-]#[N+]c1cc2nc(-c3ccccc3)c(-c3ccccc3)nc2c2c1c(-c1ccccc1-c1cc(F)c(F)c(F)c1)nc1ccccc12. The molecule has 8 rings (SSSR count). The van der Waals surface area contributed by atoms with E-state index in [1.54, 1.807) is 30.3 Å². The first-order valence-electron chi connectivity index (χ1n) is 14.8. The Labute approximate surface area is 267 Å². The molecule has 0 unspecified atom stereocenters. The summed E-state index contributed by atoms with van der Waals surface area (Å²) in [7, 11) is 0. The molecular formula is C40H21F3N4. The lowest BCUT2D eigenvalue weighted by Gasteiger charge is -2.18. The van der Waals surface area contributed by atoms with Gasteiger partial charge in [-0.3, -0.25) is 0 Å². The highest BCUT2D eigenvalue weighted by Crippen LogP contribution is 2.45. The number of para-hydroxylation sites is 1. The van der Waals surface area contributed by atoms with E-state index in [9.17, 15) is 13.2 Å². The van der Waals surface area contributed by atoms with Crippen molar-refractivity contribution in [1.82, 2.24) is 15.0 Å². The molecule has 6 aromatic carbocycles. The van der Waals surface area contributed by atoms with Gasteiger partial charge in [0, 0.05) is 32.8 Å². The highest BCUT2D eigenvalue weighted by atomic mass is 19.2. The zero-order valence-corrected chi connectivity index (χ0v) is 24.5. The van der Waals surface area contributed by atoms with E-state index in [1.165, 1.54) is 0 Å². The molecular weight excluding hydrogens is 593 g/mol. The fraction of sp³-hybridized carbons (Fsp3) is 0. The summed E-state index contributed by atoms with van der Waals surface area (Å²) in [5.41, 5.74) is 6.73. The van der Waals surface area contributed by atoms with Crippen LogP contribution in [0.15, 0.2) is 127 Å². The van der Waals surface area contributed by atoms with Crippen LogP contribution in [0.5, 0.6) is 0 Å². The molecule has 2 aromatic heterocycles. The summed E-state index contributed by atoms with van der Waals surface area (Å²) in [4.78, 5) is 19.4. The van der Waals surface area contributed by atoms with Crippen LogP contribution < -0.4 is 0 Å². The lowest BCUT2D eigenvalue weighted by atomic mass is 9.92. The first-order chi connectivity index (χ1) is 23.0. The second-order valence-electron chi connectivity index (χ2n) is 11.1. The molecule has 0 radical (unpaired) electrons. The third-order valence-corrected chi connectivity index (χ3v) is 8.27. The molecule has 0 bridgehead atoms. The van der Waals surface area contributed by atoms with Crippen LogP contribution in [0.4, 0.5) is 18.9 Å². The van der Waals surface area contributed by atoms with Crippen molar-refractivity contribution in [2.24, 2.45) is 0 Å². The molecule has 0 amide bonds. The van der Waals surface area contributed by atoms with E-state index in [2.05, 4.69) is 4.85 Å². The number of nitrogens with zero attached hydrogens (tertiary/aromatic N) is 4. The van der Waals surface area contributed by atoms with Gasteiger partial charge in [0.15, 0.2) is 23.1 Å². The summed E-state index contributed by atoms with van der Waals surface area (Å²) in [6.07, 6.45) is 0. The topological polar surface area (TPSA) is 43.0 Å². The van der Waals surface area contributed by atoms with Crippen LogP contribution in [0.1, 0.15) is 0 Å². The number of hydrogen-bond donors (Lipinski definition) is 0. The van der Waals surface area contributed by atoms with E-state index in [0.717, 1.165) is 28.6 Å². The summed E-state index contributed by atoms with van der Waals surface area (Å²) in [5.74, 6) is -4.13. The van der Waals surface area contributed by atoms with E-state index in [0.29, 0.717) is 61.2 Å². The largest absolute Gasteiger partial charge is 0.248 e. The minimum atomic E-state index is -1.54. The molecule has 0 aliphatic carbocycles. The minimum Gasteiger partial charge on any atom is -0.248 e. The zero-order valence-electron chi connectivity index (χ0n) is 24.5. The van der Waals surface area contributed by atoms with E-state index >= 15 is 0 Å². The molecule has 0 spiro atoms. The van der Waals surface area contributed by atoms with E-state index in [4.69, 9.17) is 21.5 Å². The van der Waals surface area contributed by atoms with Gasteiger partial charge in [-0.25, -0.2) is 33.0 Å². The van der Waals surface area contributed by atoms with Gasteiger partial charge in [-0.2, -0.15) is 0 Å². The van der Waals surface area contributed by atoms with Crippen molar-refractivity contribution in [3.63, 3.8) is 0 Å². The monoisotopic (exact) mass is 614 g/mol. The molecule has 8 aromatic rings. The van der Waals surface area contributed by atoms with Gasteiger partial charge in [0.2, 0.25) is 0 Å². The number of fused-ring (bicyclic) bond motifs is 5. The van der Waals surface area contributed by atoms with Gasteiger partial charge in [-0.1, -0.05) is 103 Å². The standard InChI is InChI=1S/C40H21F3N4/c1-44-32-22-33-40(47-38(24-14-6-3-7-15-24)37(46-33)23-12-4-2-5-13-23)34-28-18-10-11-19-31(28)45-39(35(32)34)27-17-9-8-16-26(27)25-20-29(41)36(43)30(42)21-25/h2-22H. The summed E-state index contributed by atoms with van der Waals surface area (Å²) >= 11 is 0. The van der Waals surface area contributed by atoms with Gasteiger partial charge in [-0.15, -0.1) is 0 Å². The molecule has 0 atom stereocenters.